The van der Waals surface area contributed by atoms with Gasteiger partial charge in [0.15, 0.2) is 16.3 Å². The minimum absolute atomic E-state index is 0. The number of aryl methyl sites for hydroxylation is 1. The fourth-order valence-electron chi connectivity index (χ4n) is 3.38. The van der Waals surface area contributed by atoms with Crippen LogP contribution in [0.3, 0.4) is 0 Å². The standard InChI is InChI=1S/C20H22BrN7O3S.ClH/c1-24(2)7-8-28(19-23-13-6-5-12(21)9-14(13)32-19)15(29)10-27-11-22-17-16(27)18(30)26(4)20(31)25(17)3;/h5-6,9,11H,7-8,10H2,1-4H3;1H. The quantitative estimate of drug-likeness (QED) is 0.359. The van der Waals surface area contributed by atoms with Crippen LogP contribution in [0.25, 0.3) is 21.4 Å². The van der Waals surface area contributed by atoms with Gasteiger partial charge in [-0.15, -0.1) is 12.4 Å². The molecule has 1 amide bonds. The summed E-state index contributed by atoms with van der Waals surface area (Å²) in [6, 6.07) is 5.79. The Bertz CT molecular complexity index is 1460. The number of rotatable bonds is 6. The molecule has 0 aliphatic rings. The molecule has 0 atom stereocenters. The Morgan fingerprint density at radius 2 is 1.88 bits per heavy atom. The lowest BCUT2D eigenvalue weighted by atomic mass is 10.3. The van der Waals surface area contributed by atoms with Crippen molar-refractivity contribution in [2.45, 2.75) is 6.54 Å². The molecule has 3 aromatic heterocycles. The molecule has 10 nitrogen and oxygen atoms in total. The molecule has 0 radical (unpaired) electrons. The summed E-state index contributed by atoms with van der Waals surface area (Å²) in [7, 11) is 6.83. The molecular weight excluding hydrogens is 534 g/mol. The molecule has 0 fully saturated rings. The highest BCUT2D eigenvalue weighted by Gasteiger charge is 2.23. The maximum atomic E-state index is 13.4. The molecule has 0 aliphatic heterocycles. The van der Waals surface area contributed by atoms with E-state index in [1.54, 1.807) is 11.9 Å². The number of nitrogens with zero attached hydrogens (tertiary/aromatic N) is 7. The maximum absolute atomic E-state index is 13.4. The van der Waals surface area contributed by atoms with Crippen LogP contribution in [0.4, 0.5) is 5.13 Å². The lowest BCUT2D eigenvalue weighted by molar-refractivity contribution is -0.119. The molecule has 13 heteroatoms. The van der Waals surface area contributed by atoms with Gasteiger partial charge in [0.2, 0.25) is 5.91 Å². The highest BCUT2D eigenvalue weighted by molar-refractivity contribution is 9.10. The molecule has 4 rings (SSSR count). The highest BCUT2D eigenvalue weighted by Crippen LogP contribution is 2.31. The van der Waals surface area contributed by atoms with Crippen molar-refractivity contribution in [2.24, 2.45) is 14.1 Å². The van der Waals surface area contributed by atoms with E-state index in [2.05, 4.69) is 25.9 Å². The Labute approximate surface area is 207 Å². The van der Waals surface area contributed by atoms with E-state index < -0.39 is 11.2 Å². The van der Waals surface area contributed by atoms with Crippen molar-refractivity contribution in [3.05, 3.63) is 49.8 Å². The van der Waals surface area contributed by atoms with Crippen molar-refractivity contribution < 1.29 is 4.79 Å². The van der Waals surface area contributed by atoms with Gasteiger partial charge in [0.05, 0.1) is 16.5 Å². The van der Waals surface area contributed by atoms with Gasteiger partial charge >= 0.3 is 5.69 Å². The van der Waals surface area contributed by atoms with Gasteiger partial charge in [0.25, 0.3) is 5.56 Å². The predicted octanol–water partition coefficient (Wildman–Crippen LogP) is 1.82. The summed E-state index contributed by atoms with van der Waals surface area (Å²) in [6.07, 6.45) is 1.42. The monoisotopic (exact) mass is 555 g/mol. The fraction of sp³-hybridized carbons (Fsp3) is 0.350. The van der Waals surface area contributed by atoms with E-state index in [1.807, 2.05) is 37.2 Å². The second-order valence-electron chi connectivity index (χ2n) is 7.71. The molecule has 0 N–H and O–H groups in total. The highest BCUT2D eigenvalue weighted by atomic mass is 79.9. The summed E-state index contributed by atoms with van der Waals surface area (Å²) in [5.74, 6) is -0.222. The number of anilines is 1. The third-order valence-corrected chi connectivity index (χ3v) is 6.70. The number of likely N-dealkylation sites (N-methyl/N-ethyl adjacent to an activating group) is 1. The summed E-state index contributed by atoms with van der Waals surface area (Å²) in [6.45, 7) is 0.985. The van der Waals surface area contributed by atoms with Crippen molar-refractivity contribution in [3.63, 3.8) is 0 Å². The van der Waals surface area contributed by atoms with Gasteiger partial charge in [-0.2, -0.15) is 0 Å². The second-order valence-corrected chi connectivity index (χ2v) is 9.63. The number of amides is 1. The van der Waals surface area contributed by atoms with Gasteiger partial charge in [0, 0.05) is 31.7 Å². The van der Waals surface area contributed by atoms with E-state index >= 15 is 0 Å². The number of hydrogen-bond donors (Lipinski definition) is 0. The molecule has 0 saturated heterocycles. The number of carbonyl (C=O) groups excluding carboxylic acids is 1. The zero-order valence-electron chi connectivity index (χ0n) is 18.5. The van der Waals surface area contributed by atoms with E-state index in [9.17, 15) is 14.4 Å². The average Bonchev–Trinajstić information content (AvgIpc) is 3.34. The number of fused-ring (bicyclic) bond motifs is 2. The molecule has 0 aliphatic carbocycles. The first-order chi connectivity index (χ1) is 15.2. The van der Waals surface area contributed by atoms with Crippen molar-refractivity contribution in [1.82, 2.24) is 28.6 Å². The van der Waals surface area contributed by atoms with Crippen LogP contribution >= 0.6 is 39.7 Å². The Kier molecular flexibility index (Phi) is 7.42. The average molecular weight is 557 g/mol. The number of hydrogen-bond acceptors (Lipinski definition) is 7. The fourth-order valence-corrected chi connectivity index (χ4v) is 4.94. The van der Waals surface area contributed by atoms with Crippen LogP contribution in [-0.2, 0) is 25.4 Å². The maximum Gasteiger partial charge on any atom is 0.332 e. The number of benzene rings is 1. The Morgan fingerprint density at radius 3 is 2.58 bits per heavy atom. The van der Waals surface area contributed by atoms with E-state index in [0.717, 1.165) is 19.3 Å². The van der Waals surface area contributed by atoms with Gasteiger partial charge in [-0.25, -0.2) is 14.8 Å². The van der Waals surface area contributed by atoms with Crippen LogP contribution in [0.2, 0.25) is 0 Å². The van der Waals surface area contributed by atoms with Gasteiger partial charge in [-0.3, -0.25) is 23.6 Å². The van der Waals surface area contributed by atoms with Gasteiger partial charge < -0.3 is 9.47 Å². The molecule has 0 spiro atoms. The Morgan fingerprint density at radius 1 is 1.15 bits per heavy atom. The third kappa shape index (κ3) is 4.74. The molecule has 0 saturated carbocycles. The SMILES string of the molecule is CN(C)CCN(C(=O)Cn1cnc2c1c(=O)n(C)c(=O)n2C)c1nc2ccc(Br)cc2s1.Cl. The van der Waals surface area contributed by atoms with E-state index in [0.29, 0.717) is 18.2 Å². The molecular formula is C20H23BrClN7O3S. The number of halogens is 2. The molecule has 0 bridgehead atoms. The molecule has 4 aromatic rings. The zero-order valence-corrected chi connectivity index (χ0v) is 21.7. The minimum Gasteiger partial charge on any atom is -0.315 e. The van der Waals surface area contributed by atoms with Crippen LogP contribution in [0, 0.1) is 0 Å². The molecule has 33 heavy (non-hydrogen) atoms. The lowest BCUT2D eigenvalue weighted by Gasteiger charge is -2.22. The Balaban J connectivity index is 0.00000306. The van der Waals surface area contributed by atoms with Gasteiger partial charge in [-0.1, -0.05) is 27.3 Å². The van der Waals surface area contributed by atoms with Crippen LogP contribution < -0.4 is 16.1 Å². The van der Waals surface area contributed by atoms with Crippen LogP contribution in [0.15, 0.2) is 38.6 Å². The topological polar surface area (TPSA) is 98.3 Å². The van der Waals surface area contributed by atoms with E-state index in [-0.39, 0.29) is 36.0 Å². The number of carbonyl (C=O) groups is 1. The first kappa shape index (κ1) is 25.1. The summed E-state index contributed by atoms with van der Waals surface area (Å²) in [5, 5.41) is 0.592. The number of aromatic nitrogens is 5. The van der Waals surface area contributed by atoms with Crippen molar-refractivity contribution >= 4 is 72.1 Å². The van der Waals surface area contributed by atoms with Gasteiger partial charge in [0.1, 0.15) is 6.54 Å². The van der Waals surface area contributed by atoms with E-state index in [4.69, 9.17) is 0 Å². The summed E-state index contributed by atoms with van der Waals surface area (Å²) < 4.78 is 5.71. The smallest absolute Gasteiger partial charge is 0.315 e. The summed E-state index contributed by atoms with van der Waals surface area (Å²) >= 11 is 4.90. The molecule has 176 valence electrons. The largest absolute Gasteiger partial charge is 0.332 e. The second kappa shape index (κ2) is 9.75. The van der Waals surface area contributed by atoms with Crippen molar-refractivity contribution in [2.75, 3.05) is 32.1 Å². The van der Waals surface area contributed by atoms with Crippen LogP contribution in [-0.4, -0.2) is 61.7 Å². The zero-order chi connectivity index (χ0) is 23.2. The summed E-state index contributed by atoms with van der Waals surface area (Å²) in [5.41, 5.74) is 0.317. The van der Waals surface area contributed by atoms with Crippen LogP contribution in [0.1, 0.15) is 0 Å². The third-order valence-electron chi connectivity index (χ3n) is 5.16. The lowest BCUT2D eigenvalue weighted by Crippen LogP contribution is -2.40. The first-order valence-corrected chi connectivity index (χ1v) is 11.4. The van der Waals surface area contributed by atoms with Crippen molar-refractivity contribution in [1.29, 1.82) is 0 Å². The molecule has 3 heterocycles. The minimum atomic E-state index is -0.488. The van der Waals surface area contributed by atoms with Crippen molar-refractivity contribution in [3.8, 4) is 0 Å². The number of thiazole rings is 1. The normalized spacial score (nSPS) is 11.3. The van der Waals surface area contributed by atoms with Gasteiger partial charge in [-0.05, 0) is 32.3 Å². The molecule has 0 unspecified atom stereocenters. The number of imidazole rings is 1. The van der Waals surface area contributed by atoms with E-state index in [1.165, 1.54) is 33.8 Å². The molecule has 1 aromatic carbocycles. The predicted molar refractivity (Wildman–Crippen MR) is 136 cm³/mol. The summed E-state index contributed by atoms with van der Waals surface area (Å²) in [4.78, 5) is 50.8. The Hall–Kier alpha value is -2.54. The first-order valence-electron chi connectivity index (χ1n) is 9.79. The van der Waals surface area contributed by atoms with Crippen LogP contribution in [0.5, 0.6) is 0 Å².